The summed E-state index contributed by atoms with van der Waals surface area (Å²) in [6.45, 7) is 6.54. The molecule has 1 heterocycles. The van der Waals surface area contributed by atoms with Crippen molar-refractivity contribution in [2.75, 3.05) is 33.4 Å². The first kappa shape index (κ1) is 16.4. The second-order valence-corrected chi connectivity index (χ2v) is 7.34. The molecule has 0 aromatic heterocycles. The van der Waals surface area contributed by atoms with E-state index in [1.165, 1.54) is 0 Å². The van der Waals surface area contributed by atoms with E-state index in [0.717, 1.165) is 23.1 Å². The van der Waals surface area contributed by atoms with E-state index in [1.807, 2.05) is 27.0 Å². The Morgan fingerprint density at radius 3 is 2.71 bits per heavy atom. The second kappa shape index (κ2) is 6.87. The van der Waals surface area contributed by atoms with Crippen LogP contribution in [0.3, 0.4) is 0 Å². The van der Waals surface area contributed by atoms with Crippen molar-refractivity contribution in [1.29, 1.82) is 0 Å². The van der Waals surface area contributed by atoms with Gasteiger partial charge in [0.05, 0.1) is 11.5 Å². The molecule has 0 unspecified atom stereocenters. The lowest BCUT2D eigenvalue weighted by Gasteiger charge is -2.22. The molecule has 0 aliphatic carbocycles. The highest BCUT2D eigenvalue weighted by Crippen LogP contribution is 2.25. The van der Waals surface area contributed by atoms with E-state index in [9.17, 15) is 8.42 Å². The van der Waals surface area contributed by atoms with Gasteiger partial charge in [-0.1, -0.05) is 6.07 Å². The van der Waals surface area contributed by atoms with E-state index >= 15 is 0 Å². The lowest BCUT2D eigenvalue weighted by molar-refractivity contribution is 0.148. The van der Waals surface area contributed by atoms with Crippen LogP contribution in [0.15, 0.2) is 17.0 Å². The summed E-state index contributed by atoms with van der Waals surface area (Å²) < 4.78 is 32.7. The Morgan fingerprint density at radius 2 is 2.00 bits per heavy atom. The molecule has 0 radical (unpaired) electrons. The molecule has 1 aliphatic rings. The second-order valence-electron chi connectivity index (χ2n) is 5.44. The maximum atomic E-state index is 12.9. The number of benzene rings is 1. The molecule has 1 aromatic rings. The van der Waals surface area contributed by atoms with E-state index in [-0.39, 0.29) is 0 Å². The summed E-state index contributed by atoms with van der Waals surface area (Å²) in [5.74, 6) is 0. The van der Waals surface area contributed by atoms with Crippen molar-refractivity contribution in [3.05, 3.63) is 28.8 Å². The van der Waals surface area contributed by atoms with Gasteiger partial charge in [-0.05, 0) is 50.1 Å². The Labute approximate surface area is 127 Å². The number of aryl methyl sites for hydroxylation is 1. The van der Waals surface area contributed by atoms with Crippen molar-refractivity contribution in [3.63, 3.8) is 0 Å². The summed E-state index contributed by atoms with van der Waals surface area (Å²) in [5, 5.41) is 3.07. The average molecular weight is 312 g/mol. The van der Waals surface area contributed by atoms with Crippen LogP contribution in [-0.4, -0.2) is 46.1 Å². The first-order chi connectivity index (χ1) is 9.96. The van der Waals surface area contributed by atoms with Crippen molar-refractivity contribution < 1.29 is 13.2 Å². The van der Waals surface area contributed by atoms with Crippen molar-refractivity contribution in [2.24, 2.45) is 0 Å². The van der Waals surface area contributed by atoms with Gasteiger partial charge in [-0.3, -0.25) is 0 Å². The van der Waals surface area contributed by atoms with Gasteiger partial charge in [-0.15, -0.1) is 0 Å². The first-order valence-corrected chi connectivity index (χ1v) is 8.73. The number of ether oxygens (including phenoxy) is 1. The normalized spacial score (nSPS) is 17.7. The van der Waals surface area contributed by atoms with E-state index in [4.69, 9.17) is 4.74 Å². The van der Waals surface area contributed by atoms with Crippen LogP contribution < -0.4 is 5.32 Å². The average Bonchev–Trinajstić information content (AvgIpc) is 2.72. The number of rotatable bonds is 4. The quantitative estimate of drug-likeness (QED) is 0.914. The number of hydrogen-bond acceptors (Lipinski definition) is 4. The van der Waals surface area contributed by atoms with E-state index in [2.05, 4.69) is 5.32 Å². The Morgan fingerprint density at radius 1 is 1.24 bits per heavy atom. The fraction of sp³-hybridized carbons (Fsp3) is 0.600. The smallest absolute Gasteiger partial charge is 0.243 e. The van der Waals surface area contributed by atoms with Crippen LogP contribution in [0.4, 0.5) is 0 Å². The molecule has 0 spiro atoms. The molecule has 5 nitrogen and oxygen atoms in total. The number of nitrogens with zero attached hydrogens (tertiary/aromatic N) is 1. The molecule has 0 bridgehead atoms. The SMILES string of the molecule is CNCc1cc(C)c(C)c(S(=O)(=O)N2CCCOCC2)c1. The number of nitrogens with one attached hydrogen (secondary N) is 1. The van der Waals surface area contributed by atoms with Gasteiger partial charge in [0.1, 0.15) is 0 Å². The van der Waals surface area contributed by atoms with Gasteiger partial charge in [0, 0.05) is 26.2 Å². The third kappa shape index (κ3) is 3.63. The molecule has 118 valence electrons. The van der Waals surface area contributed by atoms with Crippen LogP contribution in [0, 0.1) is 13.8 Å². The molecular weight excluding hydrogens is 288 g/mol. The molecule has 6 heteroatoms. The zero-order valence-electron chi connectivity index (χ0n) is 13.0. The third-order valence-corrected chi connectivity index (χ3v) is 5.88. The highest BCUT2D eigenvalue weighted by Gasteiger charge is 2.27. The molecule has 1 N–H and O–H groups in total. The molecule has 21 heavy (non-hydrogen) atoms. The Hall–Kier alpha value is -0.950. The van der Waals surface area contributed by atoms with Crippen molar-refractivity contribution in [1.82, 2.24) is 9.62 Å². The van der Waals surface area contributed by atoms with Gasteiger partial charge in [0.15, 0.2) is 0 Å². The molecule has 0 saturated carbocycles. The molecular formula is C15H24N2O3S. The lowest BCUT2D eigenvalue weighted by atomic mass is 10.1. The minimum Gasteiger partial charge on any atom is -0.380 e. The molecule has 1 aliphatic heterocycles. The summed E-state index contributed by atoms with van der Waals surface area (Å²) in [7, 11) is -1.60. The van der Waals surface area contributed by atoms with E-state index < -0.39 is 10.0 Å². The highest BCUT2D eigenvalue weighted by molar-refractivity contribution is 7.89. The van der Waals surface area contributed by atoms with Crippen LogP contribution in [0.1, 0.15) is 23.1 Å². The largest absolute Gasteiger partial charge is 0.380 e. The molecule has 1 fully saturated rings. The Bertz CT molecular complexity index is 591. The van der Waals surface area contributed by atoms with Crippen molar-refractivity contribution >= 4 is 10.0 Å². The monoisotopic (exact) mass is 312 g/mol. The van der Waals surface area contributed by atoms with Crippen LogP contribution in [-0.2, 0) is 21.3 Å². The third-order valence-electron chi connectivity index (χ3n) is 3.86. The van der Waals surface area contributed by atoms with Gasteiger partial charge in [-0.25, -0.2) is 8.42 Å². The standard InChI is InChI=1S/C15H24N2O3S/c1-12-9-14(11-16-3)10-15(13(12)2)21(18,19)17-5-4-7-20-8-6-17/h9-10,16H,4-8,11H2,1-3H3. The minimum absolute atomic E-state index is 0.426. The maximum Gasteiger partial charge on any atom is 0.243 e. The zero-order valence-corrected chi connectivity index (χ0v) is 13.8. The molecule has 2 rings (SSSR count). The van der Waals surface area contributed by atoms with Gasteiger partial charge in [0.2, 0.25) is 10.0 Å². The van der Waals surface area contributed by atoms with Crippen LogP contribution in [0.5, 0.6) is 0 Å². The summed E-state index contributed by atoms with van der Waals surface area (Å²) in [6, 6.07) is 3.83. The van der Waals surface area contributed by atoms with Gasteiger partial charge >= 0.3 is 0 Å². The predicted molar refractivity (Wildman–Crippen MR) is 82.9 cm³/mol. The zero-order chi connectivity index (χ0) is 15.5. The fourth-order valence-corrected chi connectivity index (χ4v) is 4.39. The molecule has 1 saturated heterocycles. The van der Waals surface area contributed by atoms with Gasteiger partial charge in [-0.2, -0.15) is 4.31 Å². The maximum absolute atomic E-state index is 12.9. The van der Waals surface area contributed by atoms with Crippen molar-refractivity contribution in [3.8, 4) is 0 Å². The topological polar surface area (TPSA) is 58.6 Å². The minimum atomic E-state index is -3.45. The Balaban J connectivity index is 2.42. The lowest BCUT2D eigenvalue weighted by Crippen LogP contribution is -2.34. The summed E-state index contributed by atoms with van der Waals surface area (Å²) in [4.78, 5) is 0.426. The molecule has 0 amide bonds. The first-order valence-electron chi connectivity index (χ1n) is 7.29. The van der Waals surface area contributed by atoms with Crippen LogP contribution >= 0.6 is 0 Å². The van der Waals surface area contributed by atoms with Crippen LogP contribution in [0.2, 0.25) is 0 Å². The Kier molecular flexibility index (Phi) is 5.37. The van der Waals surface area contributed by atoms with Gasteiger partial charge < -0.3 is 10.1 Å². The fourth-order valence-electron chi connectivity index (χ4n) is 2.58. The van der Waals surface area contributed by atoms with Crippen molar-refractivity contribution in [2.45, 2.75) is 31.7 Å². The molecule has 0 atom stereocenters. The highest BCUT2D eigenvalue weighted by atomic mass is 32.2. The number of sulfonamides is 1. The van der Waals surface area contributed by atoms with E-state index in [0.29, 0.717) is 37.7 Å². The number of hydrogen-bond donors (Lipinski definition) is 1. The van der Waals surface area contributed by atoms with Gasteiger partial charge in [0.25, 0.3) is 0 Å². The summed E-state index contributed by atoms with van der Waals surface area (Å²) in [5.41, 5.74) is 2.83. The van der Waals surface area contributed by atoms with Crippen LogP contribution in [0.25, 0.3) is 0 Å². The molecule has 1 aromatic carbocycles. The predicted octanol–water partition coefficient (Wildman–Crippen LogP) is 1.43. The summed E-state index contributed by atoms with van der Waals surface area (Å²) in [6.07, 6.45) is 0.744. The van der Waals surface area contributed by atoms with E-state index in [1.54, 1.807) is 10.4 Å². The summed E-state index contributed by atoms with van der Waals surface area (Å²) >= 11 is 0.